The minimum Gasteiger partial charge on any atom is -0.461 e. The number of hydrogen-bond acceptors (Lipinski definition) is 4. The summed E-state index contributed by atoms with van der Waals surface area (Å²) in [5, 5.41) is 2.75. The van der Waals surface area contributed by atoms with Crippen LogP contribution in [0, 0.1) is 5.41 Å². The minimum atomic E-state index is -0.325. The average molecular weight is 227 g/mol. The topological polar surface area (TPSA) is 39.2 Å². The van der Waals surface area contributed by atoms with E-state index in [9.17, 15) is 4.79 Å². The first-order valence-electron chi connectivity index (χ1n) is 5.04. The first kappa shape index (κ1) is 12.2. The van der Waals surface area contributed by atoms with Gasteiger partial charge >= 0.3 is 5.97 Å². The van der Waals surface area contributed by atoms with Crippen molar-refractivity contribution in [3.8, 4) is 0 Å². The third-order valence-corrected chi connectivity index (χ3v) is 2.57. The van der Waals surface area contributed by atoms with Crippen LogP contribution >= 0.6 is 11.3 Å². The van der Waals surface area contributed by atoms with E-state index in [0.717, 1.165) is 11.4 Å². The molecule has 1 heterocycles. The van der Waals surface area contributed by atoms with E-state index in [4.69, 9.17) is 4.74 Å². The van der Waals surface area contributed by atoms with Crippen molar-refractivity contribution in [3.05, 3.63) is 16.1 Å². The van der Waals surface area contributed by atoms with E-state index < -0.39 is 0 Å². The number of carbonyl (C=O) groups is 1. The Hall–Kier alpha value is -0.900. The standard InChI is InChI=1S/C11H17NO2S/c1-5-14-10(13)8-7-15-9(12-8)6-11(2,3)4/h7H,5-6H2,1-4H3. The molecule has 0 aliphatic carbocycles. The van der Waals surface area contributed by atoms with E-state index in [1.54, 1.807) is 12.3 Å². The smallest absolute Gasteiger partial charge is 0.357 e. The van der Waals surface area contributed by atoms with Crippen LogP contribution in [-0.2, 0) is 11.2 Å². The Kier molecular flexibility index (Phi) is 3.85. The fourth-order valence-electron chi connectivity index (χ4n) is 1.14. The zero-order valence-corrected chi connectivity index (χ0v) is 10.5. The summed E-state index contributed by atoms with van der Waals surface area (Å²) in [6, 6.07) is 0. The number of nitrogens with zero attached hydrogens (tertiary/aromatic N) is 1. The molecule has 0 atom stereocenters. The Morgan fingerprint density at radius 3 is 2.73 bits per heavy atom. The number of ether oxygens (including phenoxy) is 1. The van der Waals surface area contributed by atoms with E-state index in [1.165, 1.54) is 11.3 Å². The van der Waals surface area contributed by atoms with Crippen molar-refractivity contribution in [1.29, 1.82) is 0 Å². The van der Waals surface area contributed by atoms with Crippen LogP contribution in [0.1, 0.15) is 43.2 Å². The lowest BCUT2D eigenvalue weighted by atomic mass is 9.93. The first-order chi connectivity index (χ1) is 6.92. The highest BCUT2D eigenvalue weighted by Gasteiger charge is 2.16. The second kappa shape index (κ2) is 4.75. The lowest BCUT2D eigenvalue weighted by Gasteiger charge is -2.15. The molecule has 1 rings (SSSR count). The molecule has 0 aromatic carbocycles. The van der Waals surface area contributed by atoms with Crippen molar-refractivity contribution in [3.63, 3.8) is 0 Å². The Labute approximate surface area is 94.5 Å². The number of esters is 1. The molecule has 0 N–H and O–H groups in total. The van der Waals surface area contributed by atoms with E-state index in [0.29, 0.717) is 12.3 Å². The van der Waals surface area contributed by atoms with Crippen LogP contribution in [0.3, 0.4) is 0 Å². The van der Waals surface area contributed by atoms with E-state index in [2.05, 4.69) is 25.8 Å². The van der Waals surface area contributed by atoms with Gasteiger partial charge in [-0.15, -0.1) is 11.3 Å². The molecule has 1 aromatic rings. The number of hydrogen-bond donors (Lipinski definition) is 0. The maximum atomic E-state index is 11.3. The summed E-state index contributed by atoms with van der Waals surface area (Å²) < 4.78 is 4.88. The summed E-state index contributed by atoms with van der Waals surface area (Å²) in [4.78, 5) is 15.6. The van der Waals surface area contributed by atoms with Gasteiger partial charge in [0.15, 0.2) is 5.69 Å². The van der Waals surface area contributed by atoms with Gasteiger partial charge in [0.1, 0.15) is 0 Å². The van der Waals surface area contributed by atoms with Gasteiger partial charge in [0.25, 0.3) is 0 Å². The largest absolute Gasteiger partial charge is 0.461 e. The number of aromatic nitrogens is 1. The highest BCUT2D eigenvalue weighted by molar-refractivity contribution is 7.09. The van der Waals surface area contributed by atoms with Gasteiger partial charge in [0.2, 0.25) is 0 Å². The molecule has 0 amide bonds. The van der Waals surface area contributed by atoms with Crippen molar-refractivity contribution in [2.75, 3.05) is 6.61 Å². The fraction of sp³-hybridized carbons (Fsp3) is 0.636. The normalized spacial score (nSPS) is 11.5. The van der Waals surface area contributed by atoms with E-state index >= 15 is 0 Å². The van der Waals surface area contributed by atoms with Crippen molar-refractivity contribution in [1.82, 2.24) is 4.98 Å². The Bertz CT molecular complexity index is 339. The second-order valence-electron chi connectivity index (χ2n) is 4.58. The van der Waals surface area contributed by atoms with Crippen LogP contribution in [0.25, 0.3) is 0 Å². The molecule has 0 aliphatic rings. The van der Waals surface area contributed by atoms with Gasteiger partial charge in [-0.3, -0.25) is 0 Å². The fourth-order valence-corrected chi connectivity index (χ4v) is 2.21. The molecule has 15 heavy (non-hydrogen) atoms. The minimum absolute atomic E-state index is 0.198. The predicted octanol–water partition coefficient (Wildman–Crippen LogP) is 2.91. The van der Waals surface area contributed by atoms with Crippen molar-refractivity contribution in [2.24, 2.45) is 5.41 Å². The lowest BCUT2D eigenvalue weighted by molar-refractivity contribution is 0.0520. The summed E-state index contributed by atoms with van der Waals surface area (Å²) >= 11 is 1.52. The number of thiazole rings is 1. The first-order valence-corrected chi connectivity index (χ1v) is 5.92. The highest BCUT2D eigenvalue weighted by Crippen LogP contribution is 2.23. The van der Waals surface area contributed by atoms with Gasteiger partial charge in [-0.2, -0.15) is 0 Å². The Morgan fingerprint density at radius 2 is 2.20 bits per heavy atom. The van der Waals surface area contributed by atoms with Crippen molar-refractivity contribution in [2.45, 2.75) is 34.1 Å². The third kappa shape index (κ3) is 4.00. The van der Waals surface area contributed by atoms with Crippen LogP contribution in [0.2, 0.25) is 0 Å². The Morgan fingerprint density at radius 1 is 1.53 bits per heavy atom. The van der Waals surface area contributed by atoms with Crippen LogP contribution in [0.15, 0.2) is 5.38 Å². The second-order valence-corrected chi connectivity index (χ2v) is 5.53. The highest BCUT2D eigenvalue weighted by atomic mass is 32.1. The number of rotatable bonds is 3. The molecule has 0 spiro atoms. The zero-order chi connectivity index (χ0) is 11.5. The molecule has 0 saturated carbocycles. The van der Waals surface area contributed by atoms with Gasteiger partial charge in [-0.25, -0.2) is 9.78 Å². The molecule has 1 aromatic heterocycles. The van der Waals surface area contributed by atoms with Gasteiger partial charge in [-0.05, 0) is 12.3 Å². The monoisotopic (exact) mass is 227 g/mol. The number of carbonyl (C=O) groups excluding carboxylic acids is 1. The molecule has 0 saturated heterocycles. The molecule has 0 aliphatic heterocycles. The molecule has 84 valence electrons. The van der Waals surface area contributed by atoms with Gasteiger partial charge in [-0.1, -0.05) is 20.8 Å². The third-order valence-electron chi connectivity index (χ3n) is 1.72. The zero-order valence-electron chi connectivity index (χ0n) is 9.66. The van der Waals surface area contributed by atoms with E-state index in [1.807, 2.05) is 0 Å². The van der Waals surface area contributed by atoms with Gasteiger partial charge in [0, 0.05) is 11.8 Å². The summed E-state index contributed by atoms with van der Waals surface area (Å²) in [5.41, 5.74) is 0.630. The summed E-state index contributed by atoms with van der Waals surface area (Å²) in [6.45, 7) is 8.64. The summed E-state index contributed by atoms with van der Waals surface area (Å²) in [7, 11) is 0. The average Bonchev–Trinajstić information content (AvgIpc) is 2.50. The maximum absolute atomic E-state index is 11.3. The van der Waals surface area contributed by atoms with Crippen molar-refractivity contribution >= 4 is 17.3 Å². The molecule has 4 heteroatoms. The quantitative estimate of drug-likeness (QED) is 0.745. The molecule has 0 unspecified atom stereocenters. The van der Waals surface area contributed by atoms with Crippen LogP contribution < -0.4 is 0 Å². The summed E-state index contributed by atoms with van der Waals surface area (Å²) in [5.74, 6) is -0.325. The van der Waals surface area contributed by atoms with Crippen LogP contribution in [0.4, 0.5) is 0 Å². The van der Waals surface area contributed by atoms with Crippen molar-refractivity contribution < 1.29 is 9.53 Å². The Balaban J connectivity index is 2.68. The SMILES string of the molecule is CCOC(=O)c1csc(CC(C)(C)C)n1. The van der Waals surface area contributed by atoms with Crippen LogP contribution in [-0.4, -0.2) is 17.6 Å². The predicted molar refractivity (Wildman–Crippen MR) is 61.2 cm³/mol. The molecular weight excluding hydrogens is 210 g/mol. The maximum Gasteiger partial charge on any atom is 0.357 e. The molecular formula is C11H17NO2S. The van der Waals surface area contributed by atoms with E-state index in [-0.39, 0.29) is 11.4 Å². The molecule has 0 bridgehead atoms. The van der Waals surface area contributed by atoms with Gasteiger partial charge in [0.05, 0.1) is 11.6 Å². The summed E-state index contributed by atoms with van der Waals surface area (Å²) in [6.07, 6.45) is 0.886. The molecule has 0 fully saturated rings. The van der Waals surface area contributed by atoms with Gasteiger partial charge < -0.3 is 4.74 Å². The van der Waals surface area contributed by atoms with Crippen LogP contribution in [0.5, 0.6) is 0 Å². The molecule has 0 radical (unpaired) electrons. The molecule has 3 nitrogen and oxygen atoms in total. The lowest BCUT2D eigenvalue weighted by Crippen LogP contribution is -2.10.